The molecule has 1 aliphatic heterocycles. The highest BCUT2D eigenvalue weighted by atomic mass is 35.5. The summed E-state index contributed by atoms with van der Waals surface area (Å²) in [5.74, 6) is 1.44. The van der Waals surface area contributed by atoms with Crippen molar-refractivity contribution in [1.82, 2.24) is 10.2 Å². The molecule has 1 N–H and O–H groups in total. The van der Waals surface area contributed by atoms with Crippen LogP contribution in [0.25, 0.3) is 0 Å². The molecule has 4 heteroatoms. The Kier molecular flexibility index (Phi) is 5.22. The number of amides is 1. The predicted molar refractivity (Wildman–Crippen MR) is 99.6 cm³/mol. The minimum Gasteiger partial charge on any atom is -0.342 e. The number of piperidine rings is 1. The van der Waals surface area contributed by atoms with Crippen molar-refractivity contribution in [3.05, 3.63) is 35.4 Å². The summed E-state index contributed by atoms with van der Waals surface area (Å²) in [6.07, 6.45) is 5.74. The van der Waals surface area contributed by atoms with Crippen molar-refractivity contribution >= 4 is 18.3 Å². The third-order valence-corrected chi connectivity index (χ3v) is 6.38. The first-order valence-electron chi connectivity index (χ1n) is 9.32. The van der Waals surface area contributed by atoms with Crippen LogP contribution >= 0.6 is 12.4 Å². The zero-order valence-corrected chi connectivity index (χ0v) is 15.4. The Morgan fingerprint density at radius 2 is 2.04 bits per heavy atom. The monoisotopic (exact) mass is 348 g/mol. The van der Waals surface area contributed by atoms with Crippen LogP contribution in [-0.4, -0.2) is 37.0 Å². The number of benzene rings is 1. The van der Waals surface area contributed by atoms with Gasteiger partial charge in [0.05, 0.1) is 0 Å². The number of nitrogens with zero attached hydrogens (tertiary/aromatic N) is 1. The van der Waals surface area contributed by atoms with E-state index in [4.69, 9.17) is 0 Å². The van der Waals surface area contributed by atoms with Crippen molar-refractivity contribution in [3.63, 3.8) is 0 Å². The molecular formula is C20H29ClN2O. The largest absolute Gasteiger partial charge is 0.342 e. The molecule has 2 atom stereocenters. The molecule has 1 amide bonds. The second-order valence-corrected chi connectivity index (χ2v) is 7.65. The first-order valence-corrected chi connectivity index (χ1v) is 9.32. The molecule has 1 saturated carbocycles. The molecule has 132 valence electrons. The lowest BCUT2D eigenvalue weighted by Crippen LogP contribution is -2.42. The topological polar surface area (TPSA) is 32.3 Å². The zero-order chi connectivity index (χ0) is 15.9. The van der Waals surface area contributed by atoms with Gasteiger partial charge >= 0.3 is 0 Å². The Balaban J connectivity index is 0.00000169. The summed E-state index contributed by atoms with van der Waals surface area (Å²) in [5, 5.41) is 3.44. The van der Waals surface area contributed by atoms with Crippen LogP contribution in [0.3, 0.4) is 0 Å². The van der Waals surface area contributed by atoms with Crippen LogP contribution in [0.4, 0.5) is 0 Å². The lowest BCUT2D eigenvalue weighted by atomic mass is 9.93. The maximum Gasteiger partial charge on any atom is 0.226 e. The standard InChI is InChI=1S/C20H28N2O.ClH/c1-2-21-14-15-8-11-22(12-9-15)19(23)18-13-20(18)10-7-16-5-3-4-6-17(16)20;/h3-6,15,18,21H,2,7-14H2,1H3;1H. The molecule has 0 radical (unpaired) electrons. The number of likely N-dealkylation sites (tertiary alicyclic amines) is 1. The van der Waals surface area contributed by atoms with Gasteiger partial charge in [0.2, 0.25) is 5.91 Å². The smallest absolute Gasteiger partial charge is 0.226 e. The third kappa shape index (κ3) is 2.97. The van der Waals surface area contributed by atoms with Gasteiger partial charge in [0.15, 0.2) is 0 Å². The molecule has 24 heavy (non-hydrogen) atoms. The van der Waals surface area contributed by atoms with E-state index in [1.807, 2.05) is 0 Å². The molecular weight excluding hydrogens is 320 g/mol. The normalized spacial score (nSPS) is 28.5. The van der Waals surface area contributed by atoms with E-state index in [-0.39, 0.29) is 23.7 Å². The van der Waals surface area contributed by atoms with Gasteiger partial charge in [-0.15, -0.1) is 12.4 Å². The molecule has 2 unspecified atom stereocenters. The van der Waals surface area contributed by atoms with Gasteiger partial charge in [-0.25, -0.2) is 0 Å². The quantitative estimate of drug-likeness (QED) is 0.906. The summed E-state index contributed by atoms with van der Waals surface area (Å²) in [5.41, 5.74) is 3.15. The van der Waals surface area contributed by atoms with Crippen molar-refractivity contribution in [3.8, 4) is 0 Å². The maximum atomic E-state index is 13.0. The molecule has 1 aromatic carbocycles. The van der Waals surface area contributed by atoms with E-state index in [0.717, 1.165) is 57.8 Å². The number of hydrogen-bond donors (Lipinski definition) is 1. The number of carbonyl (C=O) groups is 1. The predicted octanol–water partition coefficient (Wildman–Crippen LogP) is 3.16. The van der Waals surface area contributed by atoms with Gasteiger partial charge in [-0.05, 0) is 62.2 Å². The fraction of sp³-hybridized carbons (Fsp3) is 0.650. The maximum absolute atomic E-state index is 13.0. The molecule has 2 fully saturated rings. The van der Waals surface area contributed by atoms with Crippen LogP contribution in [0.1, 0.15) is 43.7 Å². The summed E-state index contributed by atoms with van der Waals surface area (Å²) in [4.78, 5) is 15.1. The number of fused-ring (bicyclic) bond motifs is 2. The molecule has 1 spiro atoms. The number of halogens is 1. The summed E-state index contributed by atoms with van der Waals surface area (Å²) in [7, 11) is 0. The Morgan fingerprint density at radius 1 is 1.29 bits per heavy atom. The molecule has 3 nitrogen and oxygen atoms in total. The van der Waals surface area contributed by atoms with Crippen LogP contribution in [0.2, 0.25) is 0 Å². The van der Waals surface area contributed by atoms with E-state index in [2.05, 4.69) is 41.4 Å². The highest BCUT2D eigenvalue weighted by Gasteiger charge is 2.62. The second-order valence-electron chi connectivity index (χ2n) is 7.65. The average molecular weight is 349 g/mol. The molecule has 1 heterocycles. The Morgan fingerprint density at radius 3 is 2.79 bits per heavy atom. The summed E-state index contributed by atoms with van der Waals surface area (Å²) >= 11 is 0. The minimum atomic E-state index is 0. The molecule has 4 rings (SSSR count). The number of carbonyl (C=O) groups excluding carboxylic acids is 1. The SMILES string of the molecule is CCNCC1CCN(C(=O)C2CC23CCc2ccccc23)CC1.Cl. The lowest BCUT2D eigenvalue weighted by Gasteiger charge is -2.32. The summed E-state index contributed by atoms with van der Waals surface area (Å²) in [6.45, 7) is 6.24. The Bertz CT molecular complexity index is 597. The summed E-state index contributed by atoms with van der Waals surface area (Å²) < 4.78 is 0. The van der Waals surface area contributed by atoms with Crippen LogP contribution < -0.4 is 5.32 Å². The fourth-order valence-corrected chi connectivity index (χ4v) is 4.85. The average Bonchev–Trinajstić information content (AvgIpc) is 3.22. The van der Waals surface area contributed by atoms with E-state index >= 15 is 0 Å². The van der Waals surface area contributed by atoms with E-state index in [0.29, 0.717) is 5.91 Å². The van der Waals surface area contributed by atoms with Gasteiger partial charge in [0, 0.05) is 24.4 Å². The number of hydrogen-bond acceptors (Lipinski definition) is 2. The minimum absolute atomic E-state index is 0. The fourth-order valence-electron chi connectivity index (χ4n) is 4.85. The lowest BCUT2D eigenvalue weighted by molar-refractivity contribution is -0.134. The van der Waals surface area contributed by atoms with Crippen molar-refractivity contribution in [2.75, 3.05) is 26.2 Å². The van der Waals surface area contributed by atoms with E-state index in [9.17, 15) is 4.79 Å². The van der Waals surface area contributed by atoms with Gasteiger partial charge in [0.1, 0.15) is 0 Å². The highest BCUT2D eigenvalue weighted by Crippen LogP contribution is 2.62. The molecule has 1 saturated heterocycles. The van der Waals surface area contributed by atoms with Crippen LogP contribution in [-0.2, 0) is 16.6 Å². The third-order valence-electron chi connectivity index (χ3n) is 6.38. The van der Waals surface area contributed by atoms with E-state index in [1.54, 1.807) is 0 Å². The van der Waals surface area contributed by atoms with Crippen molar-refractivity contribution in [2.45, 2.75) is 44.4 Å². The first-order chi connectivity index (χ1) is 11.2. The number of nitrogens with one attached hydrogen (secondary N) is 1. The van der Waals surface area contributed by atoms with E-state index in [1.165, 1.54) is 17.5 Å². The summed E-state index contributed by atoms with van der Waals surface area (Å²) in [6, 6.07) is 8.78. The molecule has 0 bridgehead atoms. The van der Waals surface area contributed by atoms with Gasteiger partial charge in [-0.3, -0.25) is 4.79 Å². The van der Waals surface area contributed by atoms with Gasteiger partial charge in [-0.1, -0.05) is 31.2 Å². The van der Waals surface area contributed by atoms with Crippen LogP contribution in [0.15, 0.2) is 24.3 Å². The second kappa shape index (κ2) is 7.05. The van der Waals surface area contributed by atoms with Crippen molar-refractivity contribution in [2.24, 2.45) is 11.8 Å². The van der Waals surface area contributed by atoms with Crippen LogP contribution in [0.5, 0.6) is 0 Å². The zero-order valence-electron chi connectivity index (χ0n) is 14.6. The van der Waals surface area contributed by atoms with Crippen LogP contribution in [0, 0.1) is 11.8 Å². The van der Waals surface area contributed by atoms with Gasteiger partial charge in [-0.2, -0.15) is 0 Å². The first kappa shape index (κ1) is 17.8. The van der Waals surface area contributed by atoms with E-state index < -0.39 is 0 Å². The highest BCUT2D eigenvalue weighted by molar-refractivity contribution is 5.85. The van der Waals surface area contributed by atoms with Crippen molar-refractivity contribution in [1.29, 1.82) is 0 Å². The molecule has 3 aliphatic rings. The molecule has 1 aromatic rings. The number of aryl methyl sites for hydroxylation is 1. The van der Waals surface area contributed by atoms with Gasteiger partial charge in [0.25, 0.3) is 0 Å². The van der Waals surface area contributed by atoms with Crippen molar-refractivity contribution < 1.29 is 4.79 Å². The number of rotatable bonds is 4. The molecule has 0 aromatic heterocycles. The Labute approximate surface area is 151 Å². The van der Waals surface area contributed by atoms with Gasteiger partial charge < -0.3 is 10.2 Å². The molecule has 2 aliphatic carbocycles. The Hall–Kier alpha value is -1.06.